The summed E-state index contributed by atoms with van der Waals surface area (Å²) in [6, 6.07) is 5.53. The number of methoxy groups -OCH3 is 2. The average Bonchev–Trinajstić information content (AvgIpc) is 2.46. The zero-order chi connectivity index (χ0) is 15.9. The highest BCUT2D eigenvalue weighted by Gasteiger charge is 2.14. The highest BCUT2D eigenvalue weighted by atomic mass is 35.5. The molecule has 5 nitrogen and oxygen atoms in total. The van der Waals surface area contributed by atoms with Crippen LogP contribution in [0.2, 0.25) is 0 Å². The molecule has 0 saturated heterocycles. The van der Waals surface area contributed by atoms with Crippen molar-refractivity contribution in [2.75, 3.05) is 32.4 Å². The third kappa shape index (κ3) is 6.11. The lowest BCUT2D eigenvalue weighted by atomic mass is 10.1. The van der Waals surface area contributed by atoms with Crippen molar-refractivity contribution in [1.82, 2.24) is 4.72 Å². The maximum absolute atomic E-state index is 11.8. The Hall–Kier alpha value is -0.980. The maximum Gasteiger partial charge on any atom is 0.211 e. The number of sulfonamides is 1. The van der Waals surface area contributed by atoms with E-state index in [0.29, 0.717) is 30.3 Å². The van der Waals surface area contributed by atoms with E-state index in [2.05, 4.69) is 4.72 Å². The van der Waals surface area contributed by atoms with E-state index in [4.69, 9.17) is 21.1 Å². The van der Waals surface area contributed by atoms with Crippen LogP contribution in [0, 0.1) is 5.92 Å². The zero-order valence-electron chi connectivity index (χ0n) is 12.6. The van der Waals surface area contributed by atoms with Crippen molar-refractivity contribution in [3.8, 4) is 11.5 Å². The summed E-state index contributed by atoms with van der Waals surface area (Å²) in [5.74, 6) is 1.59. The van der Waals surface area contributed by atoms with Crippen molar-refractivity contribution in [3.05, 3.63) is 23.8 Å². The summed E-state index contributed by atoms with van der Waals surface area (Å²) in [5, 5.41) is 0. The van der Waals surface area contributed by atoms with Crippen LogP contribution >= 0.6 is 11.6 Å². The van der Waals surface area contributed by atoms with Gasteiger partial charge in [0.1, 0.15) is 0 Å². The van der Waals surface area contributed by atoms with Crippen molar-refractivity contribution in [2.24, 2.45) is 5.92 Å². The molecule has 1 atom stereocenters. The van der Waals surface area contributed by atoms with Gasteiger partial charge in [0.15, 0.2) is 11.5 Å². The molecule has 0 amide bonds. The Balaban J connectivity index is 2.56. The molecule has 1 aromatic carbocycles. The molecule has 0 aliphatic rings. The van der Waals surface area contributed by atoms with Crippen LogP contribution in [0.25, 0.3) is 0 Å². The van der Waals surface area contributed by atoms with Gasteiger partial charge in [-0.3, -0.25) is 0 Å². The van der Waals surface area contributed by atoms with Gasteiger partial charge in [0.05, 0.1) is 20.0 Å². The van der Waals surface area contributed by atoms with E-state index in [-0.39, 0.29) is 11.7 Å². The molecule has 0 spiro atoms. The molecular weight excluding hydrogens is 314 g/mol. The highest BCUT2D eigenvalue weighted by molar-refractivity contribution is 7.89. The fourth-order valence-electron chi connectivity index (χ4n) is 1.87. The van der Waals surface area contributed by atoms with Gasteiger partial charge in [-0.2, -0.15) is 0 Å². The van der Waals surface area contributed by atoms with Gasteiger partial charge < -0.3 is 9.47 Å². The van der Waals surface area contributed by atoms with Crippen molar-refractivity contribution >= 4 is 21.6 Å². The van der Waals surface area contributed by atoms with Crippen LogP contribution in [-0.2, 0) is 16.4 Å². The van der Waals surface area contributed by atoms with Crippen molar-refractivity contribution in [1.29, 1.82) is 0 Å². The van der Waals surface area contributed by atoms with Gasteiger partial charge in [-0.1, -0.05) is 13.0 Å². The smallest absolute Gasteiger partial charge is 0.211 e. The quantitative estimate of drug-likeness (QED) is 0.701. The van der Waals surface area contributed by atoms with Gasteiger partial charge in [-0.05, 0) is 30.0 Å². The Kier molecular flexibility index (Phi) is 7.28. The molecule has 0 aliphatic heterocycles. The molecule has 1 unspecified atom stereocenters. The second-order valence-corrected chi connectivity index (χ2v) is 7.03. The predicted molar refractivity (Wildman–Crippen MR) is 84.9 cm³/mol. The highest BCUT2D eigenvalue weighted by Crippen LogP contribution is 2.27. The second-order valence-electron chi connectivity index (χ2n) is 4.87. The Morgan fingerprint density at radius 2 is 1.90 bits per heavy atom. The Bertz CT molecular complexity index is 548. The Morgan fingerprint density at radius 3 is 2.48 bits per heavy atom. The number of hydrogen-bond donors (Lipinski definition) is 1. The number of hydrogen-bond acceptors (Lipinski definition) is 4. The number of benzene rings is 1. The lowest BCUT2D eigenvalue weighted by Crippen LogP contribution is -2.31. The minimum absolute atomic E-state index is 0.0441. The number of rotatable bonds is 9. The Labute approximate surface area is 131 Å². The first-order chi connectivity index (χ1) is 9.91. The van der Waals surface area contributed by atoms with E-state index in [1.54, 1.807) is 27.2 Å². The third-order valence-electron chi connectivity index (χ3n) is 2.95. The largest absolute Gasteiger partial charge is 0.493 e. The molecule has 7 heteroatoms. The van der Waals surface area contributed by atoms with E-state index in [1.165, 1.54) is 0 Å². The second kappa shape index (κ2) is 8.46. The standard InChI is InChI=1S/C14H22ClNO4S/c1-11(9-15)10-21(17,18)16-7-6-12-4-5-13(19-2)14(8-12)20-3/h4-5,8,11,16H,6-7,9-10H2,1-3H3. The first-order valence-corrected chi connectivity index (χ1v) is 8.84. The van der Waals surface area contributed by atoms with E-state index in [1.807, 2.05) is 12.1 Å². The normalized spacial score (nSPS) is 13.0. The van der Waals surface area contributed by atoms with Crippen LogP contribution < -0.4 is 14.2 Å². The first-order valence-electron chi connectivity index (χ1n) is 6.66. The Morgan fingerprint density at radius 1 is 1.24 bits per heavy atom. The number of alkyl halides is 1. The molecule has 120 valence electrons. The molecule has 1 aromatic rings. The molecule has 0 aliphatic carbocycles. The molecule has 0 saturated carbocycles. The van der Waals surface area contributed by atoms with E-state index in [9.17, 15) is 8.42 Å². The summed E-state index contributed by atoms with van der Waals surface area (Å²) in [4.78, 5) is 0. The predicted octanol–water partition coefficient (Wildman–Crippen LogP) is 2.04. The molecule has 1 rings (SSSR count). The summed E-state index contributed by atoms with van der Waals surface area (Å²) < 4.78 is 36.5. The van der Waals surface area contributed by atoms with E-state index >= 15 is 0 Å². The molecule has 0 heterocycles. The molecule has 1 N–H and O–H groups in total. The lowest BCUT2D eigenvalue weighted by molar-refractivity contribution is 0.354. The summed E-state index contributed by atoms with van der Waals surface area (Å²) in [6.45, 7) is 2.15. The van der Waals surface area contributed by atoms with Crippen LogP contribution in [-0.4, -0.2) is 40.8 Å². The van der Waals surface area contributed by atoms with Crippen LogP contribution in [0.1, 0.15) is 12.5 Å². The number of nitrogens with one attached hydrogen (secondary N) is 1. The lowest BCUT2D eigenvalue weighted by Gasteiger charge is -2.11. The monoisotopic (exact) mass is 335 g/mol. The number of ether oxygens (including phenoxy) is 2. The first kappa shape index (κ1) is 18.1. The topological polar surface area (TPSA) is 64.6 Å². The van der Waals surface area contributed by atoms with Gasteiger partial charge in [-0.25, -0.2) is 13.1 Å². The summed E-state index contributed by atoms with van der Waals surface area (Å²) in [5.41, 5.74) is 0.973. The van der Waals surface area contributed by atoms with Crippen LogP contribution in [0.3, 0.4) is 0 Å². The summed E-state index contributed by atoms with van der Waals surface area (Å²) in [6.07, 6.45) is 0.578. The minimum atomic E-state index is -3.28. The van der Waals surface area contributed by atoms with Gasteiger partial charge in [0.2, 0.25) is 10.0 Å². The fraction of sp³-hybridized carbons (Fsp3) is 0.571. The minimum Gasteiger partial charge on any atom is -0.493 e. The molecule has 0 bridgehead atoms. The van der Waals surface area contributed by atoms with E-state index in [0.717, 1.165) is 5.56 Å². The SMILES string of the molecule is COc1ccc(CCNS(=O)(=O)CC(C)CCl)cc1OC. The molecular formula is C14H22ClNO4S. The van der Waals surface area contributed by atoms with Crippen LogP contribution in [0.4, 0.5) is 0 Å². The molecule has 21 heavy (non-hydrogen) atoms. The zero-order valence-corrected chi connectivity index (χ0v) is 14.1. The third-order valence-corrected chi connectivity index (χ3v) is 5.13. The number of halogens is 1. The summed E-state index contributed by atoms with van der Waals surface area (Å²) >= 11 is 5.63. The van der Waals surface area contributed by atoms with Gasteiger partial charge in [0.25, 0.3) is 0 Å². The molecule has 0 fully saturated rings. The van der Waals surface area contributed by atoms with Gasteiger partial charge in [-0.15, -0.1) is 11.6 Å². The van der Waals surface area contributed by atoms with E-state index < -0.39 is 10.0 Å². The van der Waals surface area contributed by atoms with Gasteiger partial charge in [0, 0.05) is 12.4 Å². The van der Waals surface area contributed by atoms with Gasteiger partial charge >= 0.3 is 0 Å². The average molecular weight is 336 g/mol. The molecule has 0 aromatic heterocycles. The van der Waals surface area contributed by atoms with Crippen LogP contribution in [0.5, 0.6) is 11.5 Å². The van der Waals surface area contributed by atoms with Crippen molar-refractivity contribution in [2.45, 2.75) is 13.3 Å². The van der Waals surface area contributed by atoms with Crippen molar-refractivity contribution < 1.29 is 17.9 Å². The van der Waals surface area contributed by atoms with Crippen molar-refractivity contribution in [3.63, 3.8) is 0 Å². The van der Waals surface area contributed by atoms with Crippen LogP contribution in [0.15, 0.2) is 18.2 Å². The maximum atomic E-state index is 11.8. The molecule has 0 radical (unpaired) electrons. The fourth-order valence-corrected chi connectivity index (χ4v) is 3.50. The summed E-state index contributed by atoms with van der Waals surface area (Å²) in [7, 11) is -0.142.